The van der Waals surface area contributed by atoms with E-state index in [0.717, 1.165) is 10.9 Å². The summed E-state index contributed by atoms with van der Waals surface area (Å²) in [6.45, 7) is 0. The van der Waals surface area contributed by atoms with E-state index in [1.54, 1.807) is 60.1 Å². The van der Waals surface area contributed by atoms with Crippen LogP contribution in [-0.2, 0) is 7.05 Å². The number of para-hydroxylation sites is 2. The molecule has 6 nitrogen and oxygen atoms in total. The van der Waals surface area contributed by atoms with Crippen LogP contribution in [0.1, 0.15) is 20.8 Å². The van der Waals surface area contributed by atoms with Gasteiger partial charge in [0.05, 0.1) is 10.6 Å². The Kier molecular flexibility index (Phi) is 5.16. The van der Waals surface area contributed by atoms with Crippen LogP contribution in [0.3, 0.4) is 0 Å². The Morgan fingerprint density at radius 2 is 1.63 bits per heavy atom. The first-order valence-corrected chi connectivity index (χ1v) is 9.54. The summed E-state index contributed by atoms with van der Waals surface area (Å²) in [5, 5.41) is 4.08. The number of hydrogen-bond acceptors (Lipinski definition) is 3. The van der Waals surface area contributed by atoms with E-state index >= 15 is 0 Å². The lowest BCUT2D eigenvalue weighted by Gasteiger charge is -2.11. The topological polar surface area (TPSA) is 86.3 Å². The second-order valence-electron chi connectivity index (χ2n) is 6.68. The Labute approximate surface area is 177 Å². The second kappa shape index (κ2) is 7.93. The number of amides is 2. The number of carbonyl (C=O) groups excluding carboxylic acids is 2. The van der Waals surface area contributed by atoms with E-state index in [9.17, 15) is 9.59 Å². The summed E-state index contributed by atoms with van der Waals surface area (Å²) >= 11 is 6.44. The zero-order chi connectivity index (χ0) is 21.3. The number of fused-ring (bicyclic) bond motifs is 1. The van der Waals surface area contributed by atoms with Gasteiger partial charge in [0.25, 0.3) is 11.8 Å². The van der Waals surface area contributed by atoms with Gasteiger partial charge in [0.2, 0.25) is 0 Å². The fourth-order valence-electron chi connectivity index (χ4n) is 3.28. The molecule has 1 heterocycles. The fraction of sp³-hybridized carbons (Fsp3) is 0.0435. The highest BCUT2D eigenvalue weighted by molar-refractivity contribution is 6.39. The van der Waals surface area contributed by atoms with Crippen molar-refractivity contribution in [1.82, 2.24) is 4.57 Å². The average Bonchev–Trinajstić information content (AvgIpc) is 3.00. The first-order valence-electron chi connectivity index (χ1n) is 9.16. The lowest BCUT2D eigenvalue weighted by molar-refractivity contribution is 0.0994. The van der Waals surface area contributed by atoms with E-state index in [0.29, 0.717) is 33.5 Å². The van der Waals surface area contributed by atoms with Crippen LogP contribution in [0.2, 0.25) is 5.02 Å². The summed E-state index contributed by atoms with van der Waals surface area (Å²) in [7, 11) is 1.80. The number of carbonyl (C=O) groups is 2. The quantitative estimate of drug-likeness (QED) is 0.478. The van der Waals surface area contributed by atoms with Crippen LogP contribution in [-0.4, -0.2) is 16.4 Å². The third-order valence-corrected chi connectivity index (χ3v) is 5.14. The smallest absolute Gasteiger partial charge is 0.273 e. The summed E-state index contributed by atoms with van der Waals surface area (Å²) in [4.78, 5) is 24.3. The lowest BCUT2D eigenvalue weighted by Crippen LogP contribution is -2.16. The number of benzene rings is 3. The standard InChI is InChI=1S/C23H18ClN3O3/c1-27-18-8-4-2-6-16(18)20(24)21(27)23(29)26-14-10-12-15(13-11-14)30-19-9-5-3-7-17(19)22(25)28/h2-13H,1H3,(H2,25,28)(H,26,29). The Hall–Kier alpha value is -3.77. The van der Waals surface area contributed by atoms with Gasteiger partial charge in [0.1, 0.15) is 17.2 Å². The third-order valence-electron chi connectivity index (χ3n) is 4.75. The van der Waals surface area contributed by atoms with Gasteiger partial charge in [-0.1, -0.05) is 41.9 Å². The van der Waals surface area contributed by atoms with Gasteiger partial charge < -0.3 is 20.4 Å². The zero-order valence-electron chi connectivity index (χ0n) is 16.1. The van der Waals surface area contributed by atoms with Crippen LogP contribution >= 0.6 is 11.6 Å². The van der Waals surface area contributed by atoms with Crippen LogP contribution in [0.4, 0.5) is 5.69 Å². The van der Waals surface area contributed by atoms with E-state index in [4.69, 9.17) is 22.1 Å². The van der Waals surface area contributed by atoms with Crippen LogP contribution in [0.25, 0.3) is 10.9 Å². The number of aromatic nitrogens is 1. The molecule has 0 radical (unpaired) electrons. The summed E-state index contributed by atoms with van der Waals surface area (Å²) in [6.07, 6.45) is 0. The van der Waals surface area contributed by atoms with E-state index < -0.39 is 5.91 Å². The number of nitrogens with two attached hydrogens (primary N) is 1. The minimum Gasteiger partial charge on any atom is -0.457 e. The molecule has 1 aromatic heterocycles. The molecule has 0 spiro atoms. The fourth-order valence-corrected chi connectivity index (χ4v) is 3.65. The third kappa shape index (κ3) is 3.60. The SMILES string of the molecule is Cn1c(C(=O)Nc2ccc(Oc3ccccc3C(N)=O)cc2)c(Cl)c2ccccc21. The van der Waals surface area contributed by atoms with Gasteiger partial charge >= 0.3 is 0 Å². The lowest BCUT2D eigenvalue weighted by atomic mass is 10.2. The van der Waals surface area contributed by atoms with Crippen molar-refractivity contribution in [1.29, 1.82) is 0 Å². The number of aryl methyl sites for hydroxylation is 1. The van der Waals surface area contributed by atoms with Gasteiger partial charge in [-0.15, -0.1) is 0 Å². The van der Waals surface area contributed by atoms with Crippen molar-refractivity contribution in [2.45, 2.75) is 0 Å². The molecule has 3 N–H and O–H groups in total. The normalized spacial score (nSPS) is 10.7. The van der Waals surface area contributed by atoms with Crippen molar-refractivity contribution < 1.29 is 14.3 Å². The number of rotatable bonds is 5. The molecule has 0 aliphatic carbocycles. The van der Waals surface area contributed by atoms with Crippen LogP contribution < -0.4 is 15.8 Å². The van der Waals surface area contributed by atoms with Crippen molar-refractivity contribution in [3.05, 3.63) is 89.1 Å². The molecule has 4 rings (SSSR count). The summed E-state index contributed by atoms with van der Waals surface area (Å²) in [5.41, 5.74) is 7.51. The Morgan fingerprint density at radius 3 is 2.33 bits per heavy atom. The largest absolute Gasteiger partial charge is 0.457 e. The molecule has 7 heteroatoms. The van der Waals surface area contributed by atoms with Gasteiger partial charge in [-0.25, -0.2) is 0 Å². The van der Waals surface area contributed by atoms with Crippen molar-refractivity contribution in [2.75, 3.05) is 5.32 Å². The first-order chi connectivity index (χ1) is 14.5. The van der Waals surface area contributed by atoms with Gasteiger partial charge in [-0.2, -0.15) is 0 Å². The summed E-state index contributed by atoms with van der Waals surface area (Å²) in [5.74, 6) is -0.0128. The molecule has 2 amide bonds. The monoisotopic (exact) mass is 419 g/mol. The molecular formula is C23H18ClN3O3. The van der Waals surface area contributed by atoms with Gasteiger partial charge in [0.15, 0.2) is 0 Å². The highest BCUT2D eigenvalue weighted by Crippen LogP contribution is 2.31. The highest BCUT2D eigenvalue weighted by atomic mass is 35.5. The van der Waals surface area contributed by atoms with E-state index in [1.807, 2.05) is 24.3 Å². The van der Waals surface area contributed by atoms with E-state index in [-0.39, 0.29) is 5.91 Å². The number of nitrogens with zero attached hydrogens (tertiary/aromatic N) is 1. The molecule has 0 unspecified atom stereocenters. The first kappa shape index (κ1) is 19.5. The van der Waals surface area contributed by atoms with Crippen molar-refractivity contribution in [2.24, 2.45) is 12.8 Å². The second-order valence-corrected chi connectivity index (χ2v) is 7.06. The predicted octanol–water partition coefficient (Wildman–Crippen LogP) is 4.98. The molecule has 3 aromatic carbocycles. The summed E-state index contributed by atoms with van der Waals surface area (Å²) < 4.78 is 7.52. The van der Waals surface area contributed by atoms with Crippen LogP contribution in [0, 0.1) is 0 Å². The molecular weight excluding hydrogens is 402 g/mol. The molecule has 30 heavy (non-hydrogen) atoms. The van der Waals surface area contributed by atoms with Crippen molar-refractivity contribution in [3.63, 3.8) is 0 Å². The summed E-state index contributed by atoms with van der Waals surface area (Å²) in [6, 6.07) is 21.1. The molecule has 0 saturated carbocycles. The average molecular weight is 420 g/mol. The number of primary amides is 1. The van der Waals surface area contributed by atoms with Crippen LogP contribution in [0.15, 0.2) is 72.8 Å². The van der Waals surface area contributed by atoms with Crippen LogP contribution in [0.5, 0.6) is 11.5 Å². The Morgan fingerprint density at radius 1 is 0.967 bits per heavy atom. The van der Waals surface area contributed by atoms with Crippen molar-refractivity contribution >= 4 is 40.0 Å². The number of halogens is 1. The van der Waals surface area contributed by atoms with E-state index in [1.165, 1.54) is 0 Å². The molecule has 0 fully saturated rings. The van der Waals surface area contributed by atoms with E-state index in [2.05, 4.69) is 5.32 Å². The maximum absolute atomic E-state index is 12.8. The molecule has 0 saturated heterocycles. The number of nitrogens with one attached hydrogen (secondary N) is 1. The number of anilines is 1. The van der Waals surface area contributed by atoms with Gasteiger partial charge in [0, 0.05) is 23.6 Å². The highest BCUT2D eigenvalue weighted by Gasteiger charge is 2.19. The molecule has 150 valence electrons. The Bertz CT molecular complexity index is 1220. The van der Waals surface area contributed by atoms with Crippen molar-refractivity contribution in [3.8, 4) is 11.5 Å². The zero-order valence-corrected chi connectivity index (χ0v) is 16.8. The maximum Gasteiger partial charge on any atom is 0.273 e. The van der Waals surface area contributed by atoms with Gasteiger partial charge in [-0.05, 0) is 42.5 Å². The number of hydrogen-bond donors (Lipinski definition) is 2. The predicted molar refractivity (Wildman–Crippen MR) is 117 cm³/mol. The molecule has 0 aliphatic rings. The molecule has 0 bridgehead atoms. The minimum absolute atomic E-state index is 0.292. The number of ether oxygens (including phenoxy) is 1. The molecule has 0 aliphatic heterocycles. The molecule has 4 aromatic rings. The Balaban J connectivity index is 1.53. The van der Waals surface area contributed by atoms with Gasteiger partial charge in [-0.3, -0.25) is 9.59 Å². The maximum atomic E-state index is 12.8. The molecule has 0 atom stereocenters. The minimum atomic E-state index is -0.568.